The largest absolute Gasteiger partial charge is 0.399 e. The van der Waals surface area contributed by atoms with E-state index in [1.807, 2.05) is 61.7 Å². The molecule has 6 heteroatoms. The van der Waals surface area contributed by atoms with Crippen LogP contribution in [0.3, 0.4) is 0 Å². The Morgan fingerprint density at radius 2 is 1.81 bits per heavy atom. The molecule has 0 saturated carbocycles. The van der Waals surface area contributed by atoms with Gasteiger partial charge >= 0.3 is 0 Å². The summed E-state index contributed by atoms with van der Waals surface area (Å²) in [6.45, 7) is 0. The van der Waals surface area contributed by atoms with Gasteiger partial charge in [-0.25, -0.2) is 9.67 Å². The van der Waals surface area contributed by atoms with Crippen molar-refractivity contribution >= 4 is 11.6 Å². The van der Waals surface area contributed by atoms with E-state index >= 15 is 0 Å². The molecule has 2 heterocycles. The van der Waals surface area contributed by atoms with E-state index in [2.05, 4.69) is 15.1 Å². The van der Waals surface area contributed by atoms with E-state index in [9.17, 15) is 0 Å². The maximum absolute atomic E-state index is 5.70. The molecule has 21 heavy (non-hydrogen) atoms. The molecule has 3 aromatic rings. The molecule has 2 N–H and O–H groups in total. The van der Waals surface area contributed by atoms with Crippen molar-refractivity contribution < 1.29 is 0 Å². The van der Waals surface area contributed by atoms with Crippen LogP contribution in [-0.2, 0) is 0 Å². The maximum atomic E-state index is 5.70. The molecule has 0 amide bonds. The van der Waals surface area contributed by atoms with Gasteiger partial charge in [-0.3, -0.25) is 0 Å². The topological polar surface area (TPSA) is 72.9 Å². The second-order valence-corrected chi connectivity index (χ2v) is 4.90. The van der Waals surface area contributed by atoms with Crippen molar-refractivity contribution in [1.29, 1.82) is 0 Å². The maximum Gasteiger partial charge on any atom is 0.226 e. The smallest absolute Gasteiger partial charge is 0.226 e. The standard InChI is InChI=1S/C15H16N6/c1-20(2)15-17-8-7-14(19-15)21-10-12(9-18-21)11-3-5-13(16)6-4-11/h3-10H,16H2,1-2H3. The molecule has 1 aromatic carbocycles. The summed E-state index contributed by atoms with van der Waals surface area (Å²) >= 11 is 0. The zero-order valence-electron chi connectivity index (χ0n) is 11.9. The van der Waals surface area contributed by atoms with Crippen LogP contribution < -0.4 is 10.6 Å². The molecule has 0 fully saturated rings. The van der Waals surface area contributed by atoms with Gasteiger partial charge < -0.3 is 10.6 Å². The minimum Gasteiger partial charge on any atom is -0.399 e. The number of hydrogen-bond acceptors (Lipinski definition) is 5. The normalized spacial score (nSPS) is 10.6. The molecule has 0 aliphatic carbocycles. The molecular weight excluding hydrogens is 264 g/mol. The molecule has 0 atom stereocenters. The number of nitrogens with two attached hydrogens (primary N) is 1. The molecule has 0 radical (unpaired) electrons. The highest BCUT2D eigenvalue weighted by atomic mass is 15.3. The number of benzene rings is 1. The molecule has 2 aromatic heterocycles. The lowest BCUT2D eigenvalue weighted by Gasteiger charge is -2.10. The van der Waals surface area contributed by atoms with Crippen LogP contribution in [0.25, 0.3) is 16.9 Å². The van der Waals surface area contributed by atoms with Crippen LogP contribution in [0.5, 0.6) is 0 Å². The van der Waals surface area contributed by atoms with Crippen LogP contribution in [0.1, 0.15) is 0 Å². The first-order valence-electron chi connectivity index (χ1n) is 6.55. The van der Waals surface area contributed by atoms with Gasteiger partial charge in [0.2, 0.25) is 5.95 Å². The zero-order valence-corrected chi connectivity index (χ0v) is 11.9. The van der Waals surface area contributed by atoms with Gasteiger partial charge in [0.1, 0.15) is 0 Å². The summed E-state index contributed by atoms with van der Waals surface area (Å²) in [7, 11) is 3.81. The Morgan fingerprint density at radius 3 is 2.52 bits per heavy atom. The van der Waals surface area contributed by atoms with E-state index < -0.39 is 0 Å². The molecule has 0 aliphatic heterocycles. The Hall–Kier alpha value is -2.89. The van der Waals surface area contributed by atoms with E-state index in [0.29, 0.717) is 5.95 Å². The Balaban J connectivity index is 1.94. The first kappa shape index (κ1) is 13.1. The molecule has 0 spiro atoms. The molecule has 3 rings (SSSR count). The van der Waals surface area contributed by atoms with E-state index in [0.717, 1.165) is 22.6 Å². The lowest BCUT2D eigenvalue weighted by molar-refractivity contribution is 0.832. The highest BCUT2D eigenvalue weighted by Crippen LogP contribution is 2.21. The highest BCUT2D eigenvalue weighted by Gasteiger charge is 2.06. The molecule has 0 unspecified atom stereocenters. The minimum atomic E-state index is 0.650. The van der Waals surface area contributed by atoms with Crippen molar-refractivity contribution in [3.8, 4) is 16.9 Å². The number of hydrogen-bond donors (Lipinski definition) is 1. The molecule has 0 aliphatic rings. The van der Waals surface area contributed by atoms with Crippen molar-refractivity contribution in [1.82, 2.24) is 19.7 Å². The first-order chi connectivity index (χ1) is 10.1. The fourth-order valence-corrected chi connectivity index (χ4v) is 1.95. The van der Waals surface area contributed by atoms with Crippen molar-refractivity contribution in [2.45, 2.75) is 0 Å². The first-order valence-corrected chi connectivity index (χ1v) is 6.55. The zero-order chi connectivity index (χ0) is 14.8. The van der Waals surface area contributed by atoms with Crippen LogP contribution in [0.2, 0.25) is 0 Å². The average molecular weight is 280 g/mol. The van der Waals surface area contributed by atoms with Crippen molar-refractivity contribution in [2.75, 3.05) is 24.7 Å². The third-order valence-electron chi connectivity index (χ3n) is 3.09. The predicted octanol–water partition coefficient (Wildman–Crippen LogP) is 1.98. The quantitative estimate of drug-likeness (QED) is 0.743. The lowest BCUT2D eigenvalue weighted by Crippen LogP contribution is -2.13. The number of aromatic nitrogens is 4. The summed E-state index contributed by atoms with van der Waals surface area (Å²) in [6, 6.07) is 9.53. The monoisotopic (exact) mass is 280 g/mol. The predicted molar refractivity (Wildman–Crippen MR) is 83.3 cm³/mol. The van der Waals surface area contributed by atoms with Gasteiger partial charge in [0.05, 0.1) is 6.20 Å². The van der Waals surface area contributed by atoms with Crippen LogP contribution >= 0.6 is 0 Å². The summed E-state index contributed by atoms with van der Waals surface area (Å²) in [6.07, 6.45) is 5.47. The number of nitrogens with zero attached hydrogens (tertiary/aromatic N) is 5. The average Bonchev–Trinajstić information content (AvgIpc) is 2.98. The van der Waals surface area contributed by atoms with Gasteiger partial charge in [0.15, 0.2) is 5.82 Å². The van der Waals surface area contributed by atoms with Crippen molar-refractivity contribution in [2.24, 2.45) is 0 Å². The van der Waals surface area contributed by atoms with E-state index in [4.69, 9.17) is 5.73 Å². The van der Waals surface area contributed by atoms with E-state index in [-0.39, 0.29) is 0 Å². The third-order valence-corrected chi connectivity index (χ3v) is 3.09. The SMILES string of the molecule is CN(C)c1nccc(-n2cc(-c3ccc(N)cc3)cn2)n1. The number of rotatable bonds is 3. The molecule has 6 nitrogen and oxygen atoms in total. The van der Waals surface area contributed by atoms with Gasteiger partial charge in [-0.15, -0.1) is 0 Å². The van der Waals surface area contributed by atoms with Gasteiger partial charge in [0, 0.05) is 43.8 Å². The third kappa shape index (κ3) is 2.69. The van der Waals surface area contributed by atoms with Gasteiger partial charge in [-0.2, -0.15) is 10.1 Å². The minimum absolute atomic E-state index is 0.650. The highest BCUT2D eigenvalue weighted by molar-refractivity contribution is 5.64. The van der Waals surface area contributed by atoms with Crippen LogP contribution in [0, 0.1) is 0 Å². The summed E-state index contributed by atoms with van der Waals surface area (Å²) in [5.74, 6) is 1.38. The lowest BCUT2D eigenvalue weighted by atomic mass is 10.1. The van der Waals surface area contributed by atoms with Gasteiger partial charge in [0.25, 0.3) is 0 Å². The molecule has 106 valence electrons. The summed E-state index contributed by atoms with van der Waals surface area (Å²) in [5.41, 5.74) is 8.53. The van der Waals surface area contributed by atoms with Crippen molar-refractivity contribution in [3.63, 3.8) is 0 Å². The summed E-state index contributed by atoms with van der Waals surface area (Å²) < 4.78 is 1.74. The van der Waals surface area contributed by atoms with Gasteiger partial charge in [-0.1, -0.05) is 12.1 Å². The fourth-order valence-electron chi connectivity index (χ4n) is 1.95. The number of anilines is 2. The van der Waals surface area contributed by atoms with Crippen LogP contribution in [-0.4, -0.2) is 33.8 Å². The summed E-state index contributed by atoms with van der Waals surface area (Å²) in [4.78, 5) is 10.5. The van der Waals surface area contributed by atoms with Gasteiger partial charge in [-0.05, 0) is 17.7 Å². The van der Waals surface area contributed by atoms with E-state index in [1.165, 1.54) is 0 Å². The molecule has 0 bridgehead atoms. The Labute approximate surface area is 122 Å². The second-order valence-electron chi connectivity index (χ2n) is 4.90. The second kappa shape index (κ2) is 5.24. The molecule has 0 saturated heterocycles. The Bertz CT molecular complexity index is 745. The Kier molecular flexibility index (Phi) is 3.27. The number of nitrogen functional groups attached to an aromatic ring is 1. The Morgan fingerprint density at radius 1 is 1.05 bits per heavy atom. The van der Waals surface area contributed by atoms with Crippen molar-refractivity contribution in [3.05, 3.63) is 48.9 Å². The van der Waals surface area contributed by atoms with E-state index in [1.54, 1.807) is 10.9 Å². The molecular formula is C15H16N6. The summed E-state index contributed by atoms with van der Waals surface area (Å²) in [5, 5.41) is 4.36. The van der Waals surface area contributed by atoms with Crippen LogP contribution in [0.4, 0.5) is 11.6 Å². The van der Waals surface area contributed by atoms with Crippen LogP contribution in [0.15, 0.2) is 48.9 Å². The fraction of sp³-hybridized carbons (Fsp3) is 0.133.